The molecule has 0 spiro atoms. The van der Waals surface area contributed by atoms with E-state index in [2.05, 4.69) is 9.97 Å². The summed E-state index contributed by atoms with van der Waals surface area (Å²) in [6.45, 7) is 8.24. The van der Waals surface area contributed by atoms with Crippen LogP contribution in [-0.2, 0) is 9.53 Å². The average molecular weight is 251 g/mol. The fourth-order valence-corrected chi connectivity index (χ4v) is 1.90. The highest BCUT2D eigenvalue weighted by Crippen LogP contribution is 2.19. The second-order valence-electron chi connectivity index (χ2n) is 4.61. The normalized spacial score (nSPS) is 12.1. The van der Waals surface area contributed by atoms with E-state index in [9.17, 15) is 4.79 Å². The minimum Gasteiger partial charge on any atom is -0.469 e. The van der Waals surface area contributed by atoms with Gasteiger partial charge in [0.05, 0.1) is 13.0 Å². The van der Waals surface area contributed by atoms with E-state index in [0.29, 0.717) is 6.54 Å². The molecule has 1 atom stereocenters. The van der Waals surface area contributed by atoms with Crippen LogP contribution in [0.25, 0.3) is 0 Å². The third-order valence-corrected chi connectivity index (χ3v) is 2.99. The molecule has 0 N–H and O–H groups in total. The van der Waals surface area contributed by atoms with Gasteiger partial charge < -0.3 is 9.64 Å². The number of anilines is 1. The van der Waals surface area contributed by atoms with Crippen molar-refractivity contribution >= 4 is 11.8 Å². The number of methoxy groups -OCH3 is 1. The molecule has 0 aromatic carbocycles. The van der Waals surface area contributed by atoms with Crippen LogP contribution in [0.1, 0.15) is 24.0 Å². The van der Waals surface area contributed by atoms with Crippen molar-refractivity contribution in [3.63, 3.8) is 0 Å². The van der Waals surface area contributed by atoms with Crippen LogP contribution in [0.2, 0.25) is 0 Å². The van der Waals surface area contributed by atoms with Crippen molar-refractivity contribution in [3.8, 4) is 0 Å². The first kappa shape index (κ1) is 14.4. The first-order valence-electron chi connectivity index (χ1n) is 5.97. The second-order valence-corrected chi connectivity index (χ2v) is 4.61. The van der Waals surface area contributed by atoms with Gasteiger partial charge in [0, 0.05) is 24.8 Å². The highest BCUT2D eigenvalue weighted by atomic mass is 16.5. The molecule has 0 amide bonds. The summed E-state index contributed by atoms with van der Waals surface area (Å²) in [5.74, 6) is 1.22. The Kier molecular flexibility index (Phi) is 4.64. The largest absolute Gasteiger partial charge is 0.469 e. The second kappa shape index (κ2) is 5.80. The topological polar surface area (TPSA) is 55.3 Å². The van der Waals surface area contributed by atoms with Crippen molar-refractivity contribution in [1.29, 1.82) is 0 Å². The zero-order chi connectivity index (χ0) is 13.9. The third-order valence-electron chi connectivity index (χ3n) is 2.99. The van der Waals surface area contributed by atoms with Gasteiger partial charge in [-0.1, -0.05) is 6.92 Å². The lowest BCUT2D eigenvalue weighted by molar-refractivity contribution is -0.144. The number of carbonyl (C=O) groups excluding carboxylic acids is 1. The van der Waals surface area contributed by atoms with Gasteiger partial charge in [0.15, 0.2) is 0 Å². The number of hydrogen-bond donors (Lipinski definition) is 0. The summed E-state index contributed by atoms with van der Waals surface area (Å²) in [6.07, 6.45) is 0. The number of aromatic nitrogens is 2. The lowest BCUT2D eigenvalue weighted by Gasteiger charge is -2.23. The molecule has 1 aromatic heterocycles. The molecule has 0 radical (unpaired) electrons. The Morgan fingerprint density at radius 2 is 1.94 bits per heavy atom. The lowest BCUT2D eigenvalue weighted by atomic mass is 10.1. The van der Waals surface area contributed by atoms with E-state index in [-0.39, 0.29) is 11.9 Å². The summed E-state index contributed by atoms with van der Waals surface area (Å²) in [5.41, 5.74) is 2.01. The van der Waals surface area contributed by atoms with Gasteiger partial charge in [0.2, 0.25) is 0 Å². The average Bonchev–Trinajstić information content (AvgIpc) is 2.32. The molecule has 18 heavy (non-hydrogen) atoms. The Labute approximate surface area is 108 Å². The first-order valence-corrected chi connectivity index (χ1v) is 5.97. The summed E-state index contributed by atoms with van der Waals surface area (Å²) in [7, 11) is 3.33. The maximum atomic E-state index is 11.4. The van der Waals surface area contributed by atoms with E-state index in [1.807, 2.05) is 39.6 Å². The molecule has 0 unspecified atom stereocenters. The number of hydrogen-bond acceptors (Lipinski definition) is 5. The van der Waals surface area contributed by atoms with Crippen LogP contribution >= 0.6 is 0 Å². The van der Waals surface area contributed by atoms with Crippen LogP contribution in [0.15, 0.2) is 0 Å². The molecule has 0 aliphatic heterocycles. The molecule has 1 aromatic rings. The molecule has 100 valence electrons. The van der Waals surface area contributed by atoms with Gasteiger partial charge in [0.1, 0.15) is 11.6 Å². The highest BCUT2D eigenvalue weighted by molar-refractivity contribution is 5.72. The van der Waals surface area contributed by atoms with E-state index >= 15 is 0 Å². The molecule has 5 nitrogen and oxygen atoms in total. The van der Waals surface area contributed by atoms with E-state index in [1.54, 1.807) is 0 Å². The summed E-state index contributed by atoms with van der Waals surface area (Å²) in [6, 6.07) is 0. The minimum absolute atomic E-state index is 0.185. The van der Waals surface area contributed by atoms with Crippen LogP contribution in [-0.4, -0.2) is 36.6 Å². The van der Waals surface area contributed by atoms with E-state index < -0.39 is 0 Å². The van der Waals surface area contributed by atoms with E-state index in [0.717, 1.165) is 22.9 Å². The number of carbonyl (C=O) groups is 1. The van der Waals surface area contributed by atoms with Crippen molar-refractivity contribution < 1.29 is 9.53 Å². The Hall–Kier alpha value is -1.65. The van der Waals surface area contributed by atoms with Gasteiger partial charge >= 0.3 is 5.97 Å². The predicted octanol–water partition coefficient (Wildman–Crippen LogP) is 1.65. The van der Waals surface area contributed by atoms with Crippen LogP contribution in [0.5, 0.6) is 0 Å². The van der Waals surface area contributed by atoms with Crippen LogP contribution in [0, 0.1) is 26.7 Å². The molecule has 0 fully saturated rings. The van der Waals surface area contributed by atoms with Crippen molar-refractivity contribution in [3.05, 3.63) is 17.1 Å². The summed E-state index contributed by atoms with van der Waals surface area (Å²) in [4.78, 5) is 22.1. The third kappa shape index (κ3) is 3.18. The number of ether oxygens (including phenoxy) is 1. The number of rotatable bonds is 4. The smallest absolute Gasteiger partial charge is 0.310 e. The van der Waals surface area contributed by atoms with Gasteiger partial charge in [-0.05, 0) is 20.8 Å². The fourth-order valence-electron chi connectivity index (χ4n) is 1.90. The highest BCUT2D eigenvalue weighted by Gasteiger charge is 2.18. The zero-order valence-corrected chi connectivity index (χ0v) is 11.9. The van der Waals surface area contributed by atoms with Crippen molar-refractivity contribution in [2.24, 2.45) is 5.92 Å². The lowest BCUT2D eigenvalue weighted by Crippen LogP contribution is -2.30. The molecular weight excluding hydrogens is 230 g/mol. The van der Waals surface area contributed by atoms with Crippen molar-refractivity contribution in [2.75, 3.05) is 25.6 Å². The molecule has 0 bridgehead atoms. The SMILES string of the molecule is COC(=O)[C@H](C)CN(C)c1nc(C)nc(C)c1C. The molecule has 0 saturated carbocycles. The summed E-state index contributed by atoms with van der Waals surface area (Å²) in [5, 5.41) is 0. The maximum absolute atomic E-state index is 11.4. The molecule has 0 aliphatic carbocycles. The standard InChI is InChI=1S/C13H21N3O2/c1-8(13(17)18-6)7-16(5)12-9(2)10(3)14-11(4)15-12/h8H,7H2,1-6H3/t8-/m1/s1. The maximum Gasteiger partial charge on any atom is 0.310 e. The van der Waals surface area contributed by atoms with Gasteiger partial charge in [0.25, 0.3) is 0 Å². The molecule has 0 aliphatic rings. The minimum atomic E-state index is -0.206. The van der Waals surface area contributed by atoms with Crippen molar-refractivity contribution in [2.45, 2.75) is 27.7 Å². The molecule has 1 rings (SSSR count). The zero-order valence-electron chi connectivity index (χ0n) is 11.9. The number of esters is 1. The molecular formula is C13H21N3O2. The Morgan fingerprint density at radius 1 is 1.33 bits per heavy atom. The van der Waals surface area contributed by atoms with Crippen LogP contribution in [0.3, 0.4) is 0 Å². The van der Waals surface area contributed by atoms with Crippen molar-refractivity contribution in [1.82, 2.24) is 9.97 Å². The predicted molar refractivity (Wildman–Crippen MR) is 70.7 cm³/mol. The van der Waals surface area contributed by atoms with Crippen LogP contribution in [0.4, 0.5) is 5.82 Å². The summed E-state index contributed by atoms with van der Waals surface area (Å²) >= 11 is 0. The monoisotopic (exact) mass is 251 g/mol. The molecule has 1 heterocycles. The Balaban J connectivity index is 2.91. The Bertz CT molecular complexity index is 446. The fraction of sp³-hybridized carbons (Fsp3) is 0.615. The van der Waals surface area contributed by atoms with Gasteiger partial charge in [-0.25, -0.2) is 9.97 Å². The number of aryl methyl sites for hydroxylation is 2. The van der Waals surface area contributed by atoms with Gasteiger partial charge in [-0.2, -0.15) is 0 Å². The number of nitrogens with zero attached hydrogens (tertiary/aromatic N) is 3. The first-order chi connectivity index (χ1) is 8.36. The van der Waals surface area contributed by atoms with Gasteiger partial charge in [-0.3, -0.25) is 4.79 Å². The molecule has 0 saturated heterocycles. The quantitative estimate of drug-likeness (QED) is 0.762. The van der Waals surface area contributed by atoms with E-state index in [1.165, 1.54) is 7.11 Å². The van der Waals surface area contributed by atoms with Crippen LogP contribution < -0.4 is 4.90 Å². The van der Waals surface area contributed by atoms with E-state index in [4.69, 9.17) is 4.74 Å². The summed E-state index contributed by atoms with van der Waals surface area (Å²) < 4.78 is 4.73. The molecule has 5 heteroatoms. The Morgan fingerprint density at radius 3 is 2.50 bits per heavy atom. The van der Waals surface area contributed by atoms with Gasteiger partial charge in [-0.15, -0.1) is 0 Å².